The first-order chi connectivity index (χ1) is 10.1. The molecule has 0 bridgehead atoms. The van der Waals surface area contributed by atoms with Gasteiger partial charge in [-0.1, -0.05) is 33.3 Å². The summed E-state index contributed by atoms with van der Waals surface area (Å²) < 4.78 is 10.9. The molecule has 2 unspecified atom stereocenters. The van der Waals surface area contributed by atoms with Crippen molar-refractivity contribution in [3.8, 4) is 11.5 Å². The Morgan fingerprint density at radius 3 is 2.86 bits per heavy atom. The van der Waals surface area contributed by atoms with Crippen LogP contribution in [-0.4, -0.2) is 19.4 Å². The van der Waals surface area contributed by atoms with E-state index in [-0.39, 0.29) is 0 Å². The monoisotopic (exact) mass is 289 g/mol. The van der Waals surface area contributed by atoms with Crippen molar-refractivity contribution in [2.75, 3.05) is 13.3 Å². The topological polar surface area (TPSA) is 30.5 Å². The second-order valence-electron chi connectivity index (χ2n) is 7.27. The van der Waals surface area contributed by atoms with Gasteiger partial charge in [0.25, 0.3) is 0 Å². The summed E-state index contributed by atoms with van der Waals surface area (Å²) in [6.07, 6.45) is 5.07. The lowest BCUT2D eigenvalue weighted by Gasteiger charge is -2.27. The van der Waals surface area contributed by atoms with Crippen LogP contribution in [0.5, 0.6) is 11.5 Å². The molecule has 3 nitrogen and oxygen atoms in total. The fraction of sp³-hybridized carbons (Fsp3) is 0.667. The summed E-state index contributed by atoms with van der Waals surface area (Å²) in [5.74, 6) is 2.38. The van der Waals surface area contributed by atoms with Gasteiger partial charge >= 0.3 is 0 Å². The third-order valence-electron chi connectivity index (χ3n) is 4.82. The molecule has 0 radical (unpaired) electrons. The van der Waals surface area contributed by atoms with E-state index in [1.807, 2.05) is 6.07 Å². The molecule has 3 rings (SSSR count). The highest BCUT2D eigenvalue weighted by molar-refractivity contribution is 5.45. The van der Waals surface area contributed by atoms with Crippen LogP contribution in [0.4, 0.5) is 0 Å². The van der Waals surface area contributed by atoms with Gasteiger partial charge in [-0.3, -0.25) is 0 Å². The summed E-state index contributed by atoms with van der Waals surface area (Å²) >= 11 is 0. The SMILES string of the molecule is CCCC(C)(C)CC1CC(c2ccc3c(c2)OCO3)CN1. The van der Waals surface area contributed by atoms with Crippen LogP contribution in [0, 0.1) is 5.41 Å². The molecular formula is C18H27NO2. The van der Waals surface area contributed by atoms with Gasteiger partial charge < -0.3 is 14.8 Å². The maximum absolute atomic E-state index is 5.50. The van der Waals surface area contributed by atoms with E-state index in [4.69, 9.17) is 9.47 Å². The molecule has 0 aromatic heterocycles. The first-order valence-corrected chi connectivity index (χ1v) is 8.20. The minimum absolute atomic E-state index is 0.357. The highest BCUT2D eigenvalue weighted by Gasteiger charge is 2.30. The van der Waals surface area contributed by atoms with Crippen LogP contribution in [0.25, 0.3) is 0 Å². The molecule has 3 heteroatoms. The maximum atomic E-state index is 5.50. The van der Waals surface area contributed by atoms with E-state index in [1.165, 1.54) is 31.2 Å². The van der Waals surface area contributed by atoms with Crippen molar-refractivity contribution in [2.45, 2.75) is 58.4 Å². The van der Waals surface area contributed by atoms with Gasteiger partial charge in [-0.25, -0.2) is 0 Å². The van der Waals surface area contributed by atoms with Crippen molar-refractivity contribution in [3.63, 3.8) is 0 Å². The van der Waals surface area contributed by atoms with Crippen LogP contribution < -0.4 is 14.8 Å². The standard InChI is InChI=1S/C18H27NO2/c1-4-7-18(2,3)10-15-8-14(11-19-15)13-5-6-16-17(9-13)21-12-20-16/h5-6,9,14-15,19H,4,7-8,10-12H2,1-3H3. The van der Waals surface area contributed by atoms with Crippen molar-refractivity contribution < 1.29 is 9.47 Å². The van der Waals surface area contributed by atoms with Gasteiger partial charge in [0.05, 0.1) is 0 Å². The van der Waals surface area contributed by atoms with Crippen LogP contribution in [0.3, 0.4) is 0 Å². The number of hydrogen-bond donors (Lipinski definition) is 1. The number of benzene rings is 1. The largest absolute Gasteiger partial charge is 0.454 e. The normalized spacial score (nSPS) is 24.5. The second kappa shape index (κ2) is 5.88. The fourth-order valence-electron chi connectivity index (χ4n) is 3.84. The van der Waals surface area contributed by atoms with Crippen LogP contribution in [0.2, 0.25) is 0 Å². The summed E-state index contributed by atoms with van der Waals surface area (Å²) in [7, 11) is 0. The highest BCUT2D eigenvalue weighted by Crippen LogP contribution is 2.38. The fourth-order valence-corrected chi connectivity index (χ4v) is 3.84. The zero-order valence-corrected chi connectivity index (χ0v) is 13.4. The van der Waals surface area contributed by atoms with Crippen LogP contribution in [-0.2, 0) is 0 Å². The number of rotatable bonds is 5. The first kappa shape index (κ1) is 14.7. The van der Waals surface area contributed by atoms with Gasteiger partial charge in [0, 0.05) is 12.6 Å². The Labute approximate surface area is 128 Å². The van der Waals surface area contributed by atoms with Crippen LogP contribution in [0.1, 0.15) is 57.9 Å². The molecular weight excluding hydrogens is 262 g/mol. The number of ether oxygens (including phenoxy) is 2. The zero-order valence-electron chi connectivity index (χ0n) is 13.4. The maximum Gasteiger partial charge on any atom is 0.231 e. The molecule has 0 aliphatic carbocycles. The molecule has 1 aromatic carbocycles. The molecule has 1 saturated heterocycles. The Morgan fingerprint density at radius 2 is 2.05 bits per heavy atom. The second-order valence-corrected chi connectivity index (χ2v) is 7.27. The van der Waals surface area contributed by atoms with Crippen LogP contribution in [0.15, 0.2) is 18.2 Å². The lowest BCUT2D eigenvalue weighted by atomic mass is 9.80. The van der Waals surface area contributed by atoms with Gasteiger partial charge in [-0.05, 0) is 48.3 Å². The molecule has 0 amide bonds. The van der Waals surface area contributed by atoms with Gasteiger partial charge in [0.15, 0.2) is 11.5 Å². The molecule has 1 fully saturated rings. The Morgan fingerprint density at radius 1 is 1.24 bits per heavy atom. The van der Waals surface area contributed by atoms with E-state index in [0.29, 0.717) is 24.2 Å². The third-order valence-corrected chi connectivity index (χ3v) is 4.82. The molecule has 2 heterocycles. The number of fused-ring (bicyclic) bond motifs is 1. The Bertz CT molecular complexity index is 498. The van der Waals surface area contributed by atoms with Crippen molar-refractivity contribution in [1.82, 2.24) is 5.32 Å². The Kier molecular flexibility index (Phi) is 4.12. The smallest absolute Gasteiger partial charge is 0.231 e. The van der Waals surface area contributed by atoms with E-state index in [9.17, 15) is 0 Å². The minimum Gasteiger partial charge on any atom is -0.454 e. The molecule has 2 aliphatic heterocycles. The lowest BCUT2D eigenvalue weighted by molar-refractivity contribution is 0.174. The van der Waals surface area contributed by atoms with Crippen molar-refractivity contribution in [2.24, 2.45) is 5.41 Å². The van der Waals surface area contributed by atoms with E-state index >= 15 is 0 Å². The average Bonchev–Trinajstić information content (AvgIpc) is 3.05. The predicted octanol–water partition coefficient (Wildman–Crippen LogP) is 4.08. The molecule has 2 atom stereocenters. The summed E-state index contributed by atoms with van der Waals surface area (Å²) in [6.45, 7) is 8.50. The molecule has 0 saturated carbocycles. The van der Waals surface area contributed by atoms with E-state index in [2.05, 4.69) is 38.2 Å². The molecule has 2 aliphatic rings. The molecule has 1 aromatic rings. The van der Waals surface area contributed by atoms with Crippen molar-refractivity contribution in [3.05, 3.63) is 23.8 Å². The molecule has 1 N–H and O–H groups in total. The Balaban J connectivity index is 1.62. The summed E-state index contributed by atoms with van der Waals surface area (Å²) in [5, 5.41) is 3.72. The third kappa shape index (κ3) is 3.34. The first-order valence-electron chi connectivity index (χ1n) is 8.20. The molecule has 21 heavy (non-hydrogen) atoms. The quantitative estimate of drug-likeness (QED) is 0.886. The van der Waals surface area contributed by atoms with Gasteiger partial charge in [-0.2, -0.15) is 0 Å². The Hall–Kier alpha value is -1.22. The van der Waals surface area contributed by atoms with Gasteiger partial charge in [0.2, 0.25) is 6.79 Å². The van der Waals surface area contributed by atoms with Gasteiger partial charge in [0.1, 0.15) is 0 Å². The number of nitrogens with one attached hydrogen (secondary N) is 1. The molecule has 0 spiro atoms. The summed E-state index contributed by atoms with van der Waals surface area (Å²) in [4.78, 5) is 0. The summed E-state index contributed by atoms with van der Waals surface area (Å²) in [6, 6.07) is 7.04. The summed E-state index contributed by atoms with van der Waals surface area (Å²) in [5.41, 5.74) is 1.82. The zero-order chi connectivity index (χ0) is 14.9. The number of hydrogen-bond acceptors (Lipinski definition) is 3. The van der Waals surface area contributed by atoms with Crippen LogP contribution >= 0.6 is 0 Å². The predicted molar refractivity (Wildman–Crippen MR) is 85.0 cm³/mol. The average molecular weight is 289 g/mol. The van der Waals surface area contributed by atoms with Crippen molar-refractivity contribution in [1.29, 1.82) is 0 Å². The lowest BCUT2D eigenvalue weighted by Crippen LogP contribution is -2.28. The van der Waals surface area contributed by atoms with E-state index in [0.717, 1.165) is 18.0 Å². The highest BCUT2D eigenvalue weighted by atomic mass is 16.7. The molecule has 116 valence electrons. The minimum atomic E-state index is 0.357. The van der Waals surface area contributed by atoms with E-state index < -0.39 is 0 Å². The van der Waals surface area contributed by atoms with E-state index in [1.54, 1.807) is 0 Å². The van der Waals surface area contributed by atoms with Gasteiger partial charge in [-0.15, -0.1) is 0 Å². The van der Waals surface area contributed by atoms with Crippen molar-refractivity contribution >= 4 is 0 Å².